The van der Waals surface area contributed by atoms with Gasteiger partial charge in [-0.25, -0.2) is 9.69 Å². The fourth-order valence-electron chi connectivity index (χ4n) is 4.34. The molecule has 1 N–H and O–H groups in total. The van der Waals surface area contributed by atoms with Crippen LogP contribution in [0.5, 0.6) is 17.2 Å². The average molecular weight is 743 g/mol. The van der Waals surface area contributed by atoms with Gasteiger partial charge < -0.3 is 14.2 Å². The Hall–Kier alpha value is -4.06. The summed E-state index contributed by atoms with van der Waals surface area (Å²) in [5.74, 6) is -0.0740. The first-order chi connectivity index (χ1) is 21.2. The zero-order valence-electron chi connectivity index (χ0n) is 23.3. The van der Waals surface area contributed by atoms with E-state index in [1.54, 1.807) is 54.6 Å². The first-order valence-electron chi connectivity index (χ1n) is 13.4. The van der Waals surface area contributed by atoms with Crippen molar-refractivity contribution in [3.05, 3.63) is 121 Å². The maximum absolute atomic E-state index is 13.5. The molecular formula is C33H25Cl2IN2O6. The van der Waals surface area contributed by atoms with Crippen LogP contribution in [0.25, 0.3) is 6.08 Å². The van der Waals surface area contributed by atoms with E-state index in [0.717, 1.165) is 16.0 Å². The molecule has 0 atom stereocenters. The molecule has 8 nitrogen and oxygen atoms in total. The van der Waals surface area contributed by atoms with Gasteiger partial charge in [0.15, 0.2) is 11.5 Å². The van der Waals surface area contributed by atoms with E-state index in [1.165, 1.54) is 6.08 Å². The number of benzene rings is 4. The molecule has 5 rings (SSSR count). The third-order valence-corrected chi connectivity index (χ3v) is 7.91. The Bertz CT molecular complexity index is 1740. The van der Waals surface area contributed by atoms with Crippen LogP contribution in [-0.4, -0.2) is 24.5 Å². The summed E-state index contributed by atoms with van der Waals surface area (Å²) in [5.41, 5.74) is 2.32. The molecule has 0 aromatic heterocycles. The van der Waals surface area contributed by atoms with E-state index in [2.05, 4.69) is 27.9 Å². The molecule has 0 bridgehead atoms. The number of hydrogen-bond donors (Lipinski definition) is 1. The van der Waals surface area contributed by atoms with Crippen molar-refractivity contribution in [3.8, 4) is 17.2 Å². The van der Waals surface area contributed by atoms with Crippen molar-refractivity contribution in [1.29, 1.82) is 0 Å². The number of carbonyl (C=O) groups excluding carboxylic acids is 3. The van der Waals surface area contributed by atoms with Crippen molar-refractivity contribution >= 4 is 75.4 Å². The summed E-state index contributed by atoms with van der Waals surface area (Å²) in [7, 11) is 0. The molecule has 0 spiro atoms. The average Bonchev–Trinajstić information content (AvgIpc) is 3.00. The van der Waals surface area contributed by atoms with Crippen LogP contribution in [0.3, 0.4) is 0 Å². The minimum atomic E-state index is -0.850. The van der Waals surface area contributed by atoms with E-state index in [-0.39, 0.29) is 24.5 Å². The molecule has 4 aromatic carbocycles. The molecule has 0 aliphatic carbocycles. The van der Waals surface area contributed by atoms with Gasteiger partial charge in [-0.05, 0) is 101 Å². The smallest absolute Gasteiger partial charge is 0.335 e. The highest BCUT2D eigenvalue weighted by atomic mass is 127. The van der Waals surface area contributed by atoms with E-state index in [1.807, 2.05) is 37.3 Å². The topological polar surface area (TPSA) is 94.2 Å². The fraction of sp³-hybridized carbons (Fsp3) is 0.121. The molecule has 1 heterocycles. The molecule has 0 unspecified atom stereocenters. The van der Waals surface area contributed by atoms with E-state index >= 15 is 0 Å². The second-order valence-electron chi connectivity index (χ2n) is 9.51. The van der Waals surface area contributed by atoms with E-state index in [9.17, 15) is 14.4 Å². The summed E-state index contributed by atoms with van der Waals surface area (Å²) in [6.07, 6.45) is 1.42. The molecule has 44 heavy (non-hydrogen) atoms. The lowest BCUT2D eigenvalue weighted by molar-refractivity contribution is -0.122. The summed E-state index contributed by atoms with van der Waals surface area (Å²) >= 11 is 14.3. The second-order valence-corrected chi connectivity index (χ2v) is 11.5. The Morgan fingerprint density at radius 2 is 1.59 bits per heavy atom. The normalized spacial score (nSPS) is 14.0. The van der Waals surface area contributed by atoms with Crippen molar-refractivity contribution in [1.82, 2.24) is 5.32 Å². The lowest BCUT2D eigenvalue weighted by Gasteiger charge is -2.26. The van der Waals surface area contributed by atoms with E-state index < -0.39 is 17.8 Å². The number of ether oxygens (including phenoxy) is 3. The highest BCUT2D eigenvalue weighted by molar-refractivity contribution is 14.1. The zero-order valence-corrected chi connectivity index (χ0v) is 27.0. The SMILES string of the molecule is CCOc1cc(/C=C2\C(=O)NC(=O)N(c3ccc(OCc4ccccc4Cl)cc3)C2=O)cc(I)c1OCc1ccc(Cl)cc1. The molecular weight excluding hydrogens is 718 g/mol. The van der Waals surface area contributed by atoms with E-state index in [4.69, 9.17) is 37.4 Å². The van der Waals surface area contributed by atoms with Crippen LogP contribution in [0.4, 0.5) is 10.5 Å². The predicted molar refractivity (Wildman–Crippen MR) is 177 cm³/mol. The molecule has 224 valence electrons. The third kappa shape index (κ3) is 7.35. The molecule has 1 fully saturated rings. The van der Waals surface area contributed by atoms with Crippen molar-refractivity contribution in [2.75, 3.05) is 11.5 Å². The van der Waals surface area contributed by atoms with E-state index in [0.29, 0.717) is 43.0 Å². The monoisotopic (exact) mass is 742 g/mol. The quantitative estimate of drug-likeness (QED) is 0.101. The largest absolute Gasteiger partial charge is 0.490 e. The molecule has 4 aromatic rings. The minimum Gasteiger partial charge on any atom is -0.490 e. The number of rotatable bonds is 10. The van der Waals surface area contributed by atoms with Crippen molar-refractivity contribution in [3.63, 3.8) is 0 Å². The maximum Gasteiger partial charge on any atom is 0.335 e. The van der Waals surface area contributed by atoms with Gasteiger partial charge in [0.2, 0.25) is 0 Å². The van der Waals surface area contributed by atoms with Crippen LogP contribution in [0.15, 0.2) is 90.5 Å². The van der Waals surface area contributed by atoms with Gasteiger partial charge in [0, 0.05) is 15.6 Å². The van der Waals surface area contributed by atoms with Gasteiger partial charge in [-0.2, -0.15) is 0 Å². The number of nitrogens with one attached hydrogen (secondary N) is 1. The van der Waals surface area contributed by atoms with Gasteiger partial charge in [0.1, 0.15) is 24.5 Å². The summed E-state index contributed by atoms with van der Waals surface area (Å²) in [4.78, 5) is 39.9. The molecule has 1 aliphatic rings. The van der Waals surface area contributed by atoms with Crippen LogP contribution < -0.4 is 24.4 Å². The molecule has 4 amide bonds. The summed E-state index contributed by atoms with van der Waals surface area (Å²) in [5, 5.41) is 3.47. The summed E-state index contributed by atoms with van der Waals surface area (Å²) in [6.45, 7) is 2.75. The second kappa shape index (κ2) is 14.1. The minimum absolute atomic E-state index is 0.211. The molecule has 11 heteroatoms. The number of barbiturate groups is 1. The Balaban J connectivity index is 1.36. The first kappa shape index (κ1) is 31.4. The Morgan fingerprint density at radius 3 is 2.30 bits per heavy atom. The van der Waals surface area contributed by atoms with Crippen molar-refractivity contribution in [2.45, 2.75) is 20.1 Å². The molecule has 0 saturated carbocycles. The number of hydrogen-bond acceptors (Lipinski definition) is 6. The number of amides is 4. The number of carbonyl (C=O) groups is 3. The lowest BCUT2D eigenvalue weighted by Crippen LogP contribution is -2.54. The van der Waals surface area contributed by atoms with Gasteiger partial charge in [-0.15, -0.1) is 0 Å². The maximum atomic E-state index is 13.5. The van der Waals surface area contributed by atoms with Gasteiger partial charge >= 0.3 is 6.03 Å². The number of halogens is 3. The summed E-state index contributed by atoms with van der Waals surface area (Å²) in [6, 6.07) is 23.6. The third-order valence-electron chi connectivity index (χ3n) is 6.49. The van der Waals surface area contributed by atoms with Crippen LogP contribution in [-0.2, 0) is 22.8 Å². The molecule has 1 saturated heterocycles. The first-order valence-corrected chi connectivity index (χ1v) is 15.3. The highest BCUT2D eigenvalue weighted by Crippen LogP contribution is 2.36. The van der Waals surface area contributed by atoms with Crippen LogP contribution in [0.1, 0.15) is 23.6 Å². The Labute approximate surface area is 277 Å². The van der Waals surface area contributed by atoms with Gasteiger partial charge in [-0.1, -0.05) is 53.5 Å². The number of nitrogens with zero attached hydrogens (tertiary/aromatic N) is 1. The predicted octanol–water partition coefficient (Wildman–Crippen LogP) is 7.82. The lowest BCUT2D eigenvalue weighted by atomic mass is 10.1. The van der Waals surface area contributed by atoms with Crippen molar-refractivity contribution < 1.29 is 28.6 Å². The standard InChI is InChI=1S/C33H25Cl2IN2O6/c1-2-42-29-17-21(16-28(36)30(29)44-18-20-7-9-23(34)10-8-20)15-26-31(39)37-33(41)38(32(26)40)24-11-13-25(14-12-24)43-19-22-5-3-4-6-27(22)35/h3-17H,2,18-19H2,1H3,(H,37,39,41)/b26-15+. The number of urea groups is 1. The van der Waals surface area contributed by atoms with Crippen LogP contribution in [0, 0.1) is 3.57 Å². The van der Waals surface area contributed by atoms with Gasteiger partial charge in [-0.3, -0.25) is 14.9 Å². The molecule has 1 aliphatic heterocycles. The van der Waals surface area contributed by atoms with Crippen LogP contribution >= 0.6 is 45.8 Å². The molecule has 0 radical (unpaired) electrons. The summed E-state index contributed by atoms with van der Waals surface area (Å²) < 4.78 is 18.4. The van der Waals surface area contributed by atoms with Crippen LogP contribution in [0.2, 0.25) is 10.0 Å². The zero-order chi connectivity index (χ0) is 31.2. The Kier molecular flexibility index (Phi) is 10.1. The Morgan fingerprint density at radius 1 is 0.864 bits per heavy atom. The van der Waals surface area contributed by atoms with Gasteiger partial charge in [0.05, 0.1) is 15.9 Å². The number of imide groups is 2. The number of anilines is 1. The fourth-order valence-corrected chi connectivity index (χ4v) is 5.43. The van der Waals surface area contributed by atoms with Gasteiger partial charge in [0.25, 0.3) is 11.8 Å². The highest BCUT2D eigenvalue weighted by Gasteiger charge is 2.37. The van der Waals surface area contributed by atoms with Crippen molar-refractivity contribution in [2.24, 2.45) is 0 Å².